The van der Waals surface area contributed by atoms with Gasteiger partial charge in [-0.15, -0.1) is 21.5 Å². The quantitative estimate of drug-likeness (QED) is 0.656. The number of aromatic nitrogens is 2. The molecule has 0 saturated heterocycles. The first-order chi connectivity index (χ1) is 9.13. The fraction of sp³-hybridized carbons (Fsp3) is 0.250. The van der Waals surface area contributed by atoms with Crippen LogP contribution in [-0.2, 0) is 0 Å². The highest BCUT2D eigenvalue weighted by Crippen LogP contribution is 2.24. The first kappa shape index (κ1) is 13.4. The number of carbonyl (C=O) groups excluding carboxylic acids is 1. The minimum Gasteiger partial charge on any atom is -0.333 e. The standard InChI is InChI=1S/C12H15N5OS/c1-8(10-4-3-7-19-10)17(2)12(18)9-5-6-11(14-13)16-15-9/h3-8H,13H2,1-2H3,(H,14,16). The Morgan fingerprint density at radius 3 is 2.74 bits per heavy atom. The van der Waals surface area contributed by atoms with E-state index in [1.807, 2.05) is 24.4 Å². The van der Waals surface area contributed by atoms with Gasteiger partial charge in [-0.05, 0) is 30.5 Å². The molecular weight excluding hydrogens is 262 g/mol. The van der Waals surface area contributed by atoms with E-state index in [0.29, 0.717) is 11.5 Å². The number of nitrogens with two attached hydrogens (primary N) is 1. The number of hydrogen-bond donors (Lipinski definition) is 2. The zero-order chi connectivity index (χ0) is 13.8. The molecule has 0 saturated carbocycles. The minimum absolute atomic E-state index is 0.00149. The molecule has 0 aromatic carbocycles. The maximum Gasteiger partial charge on any atom is 0.274 e. The number of amides is 1. The first-order valence-electron chi connectivity index (χ1n) is 5.74. The van der Waals surface area contributed by atoms with Crippen LogP contribution in [0.25, 0.3) is 0 Å². The predicted octanol–water partition coefficient (Wildman–Crippen LogP) is 1.66. The monoisotopic (exact) mass is 277 g/mol. The van der Waals surface area contributed by atoms with Gasteiger partial charge in [0.1, 0.15) is 0 Å². The van der Waals surface area contributed by atoms with Gasteiger partial charge in [0.2, 0.25) is 0 Å². The number of thiophene rings is 1. The molecule has 1 atom stereocenters. The molecule has 0 spiro atoms. The van der Waals surface area contributed by atoms with Crippen LogP contribution in [0.15, 0.2) is 29.6 Å². The van der Waals surface area contributed by atoms with Gasteiger partial charge in [0.05, 0.1) is 6.04 Å². The SMILES string of the molecule is CC(c1cccs1)N(C)C(=O)c1ccc(NN)nn1. The molecule has 2 aromatic heterocycles. The van der Waals surface area contributed by atoms with Crippen molar-refractivity contribution in [3.05, 3.63) is 40.2 Å². The molecule has 1 unspecified atom stereocenters. The van der Waals surface area contributed by atoms with E-state index in [9.17, 15) is 4.79 Å². The molecule has 6 nitrogen and oxygen atoms in total. The van der Waals surface area contributed by atoms with Gasteiger partial charge in [-0.25, -0.2) is 5.84 Å². The van der Waals surface area contributed by atoms with Gasteiger partial charge in [0, 0.05) is 11.9 Å². The second kappa shape index (κ2) is 5.77. The third-order valence-electron chi connectivity index (χ3n) is 2.89. The molecule has 7 heteroatoms. The summed E-state index contributed by atoms with van der Waals surface area (Å²) >= 11 is 1.62. The van der Waals surface area contributed by atoms with Crippen molar-refractivity contribution in [1.29, 1.82) is 0 Å². The Labute approximate surface area is 115 Å². The van der Waals surface area contributed by atoms with E-state index in [0.717, 1.165) is 4.88 Å². The Morgan fingerprint density at radius 2 is 2.21 bits per heavy atom. The molecule has 0 radical (unpaired) electrons. The van der Waals surface area contributed by atoms with Crippen molar-refractivity contribution in [1.82, 2.24) is 15.1 Å². The summed E-state index contributed by atoms with van der Waals surface area (Å²) in [6.07, 6.45) is 0. The number of rotatable bonds is 4. The molecule has 19 heavy (non-hydrogen) atoms. The van der Waals surface area contributed by atoms with Gasteiger partial charge in [-0.1, -0.05) is 6.07 Å². The molecular formula is C12H15N5OS. The topological polar surface area (TPSA) is 84.1 Å². The predicted molar refractivity (Wildman–Crippen MR) is 74.7 cm³/mol. The zero-order valence-corrected chi connectivity index (χ0v) is 11.5. The number of carbonyl (C=O) groups is 1. The van der Waals surface area contributed by atoms with E-state index < -0.39 is 0 Å². The summed E-state index contributed by atoms with van der Waals surface area (Å²) in [5.74, 6) is 5.45. The van der Waals surface area contributed by atoms with Crippen LogP contribution < -0.4 is 11.3 Å². The van der Waals surface area contributed by atoms with Crippen molar-refractivity contribution in [2.24, 2.45) is 5.84 Å². The lowest BCUT2D eigenvalue weighted by Crippen LogP contribution is -2.30. The molecule has 0 bridgehead atoms. The highest BCUT2D eigenvalue weighted by Gasteiger charge is 2.20. The Hall–Kier alpha value is -1.99. The molecule has 100 valence electrons. The van der Waals surface area contributed by atoms with Crippen LogP contribution >= 0.6 is 11.3 Å². The number of nitrogens with zero attached hydrogens (tertiary/aromatic N) is 3. The summed E-state index contributed by atoms with van der Waals surface area (Å²) in [5.41, 5.74) is 2.67. The highest BCUT2D eigenvalue weighted by atomic mass is 32.1. The van der Waals surface area contributed by atoms with Crippen LogP contribution in [0, 0.1) is 0 Å². The van der Waals surface area contributed by atoms with Crippen LogP contribution in [0.4, 0.5) is 5.82 Å². The van der Waals surface area contributed by atoms with Gasteiger partial charge in [0.25, 0.3) is 5.91 Å². The highest BCUT2D eigenvalue weighted by molar-refractivity contribution is 7.10. The van der Waals surface area contributed by atoms with E-state index in [4.69, 9.17) is 5.84 Å². The van der Waals surface area contributed by atoms with E-state index in [1.54, 1.807) is 35.4 Å². The average Bonchev–Trinajstić information content (AvgIpc) is 2.99. The smallest absolute Gasteiger partial charge is 0.274 e. The molecule has 1 amide bonds. The molecule has 0 fully saturated rings. The van der Waals surface area contributed by atoms with E-state index in [2.05, 4.69) is 15.6 Å². The third-order valence-corrected chi connectivity index (χ3v) is 3.93. The van der Waals surface area contributed by atoms with Crippen molar-refractivity contribution in [3.63, 3.8) is 0 Å². The van der Waals surface area contributed by atoms with Crippen LogP contribution in [0.3, 0.4) is 0 Å². The number of hydrazine groups is 1. The van der Waals surface area contributed by atoms with Crippen LogP contribution in [-0.4, -0.2) is 28.1 Å². The molecule has 0 aliphatic rings. The summed E-state index contributed by atoms with van der Waals surface area (Å²) in [4.78, 5) is 15.0. The average molecular weight is 277 g/mol. The van der Waals surface area contributed by atoms with Gasteiger partial charge in [-0.3, -0.25) is 4.79 Å². The Bertz CT molecular complexity index is 540. The number of nitrogens with one attached hydrogen (secondary N) is 1. The van der Waals surface area contributed by atoms with Gasteiger partial charge >= 0.3 is 0 Å². The molecule has 2 aromatic rings. The molecule has 3 N–H and O–H groups in total. The van der Waals surface area contributed by atoms with E-state index in [1.165, 1.54) is 0 Å². The summed E-state index contributed by atoms with van der Waals surface area (Å²) in [7, 11) is 1.75. The Balaban J connectivity index is 2.14. The van der Waals surface area contributed by atoms with E-state index >= 15 is 0 Å². The minimum atomic E-state index is -0.169. The largest absolute Gasteiger partial charge is 0.333 e. The van der Waals surface area contributed by atoms with Crippen molar-refractivity contribution in [3.8, 4) is 0 Å². The van der Waals surface area contributed by atoms with Crippen molar-refractivity contribution in [2.45, 2.75) is 13.0 Å². The number of anilines is 1. The lowest BCUT2D eigenvalue weighted by atomic mass is 10.2. The normalized spacial score (nSPS) is 11.9. The number of hydrogen-bond acceptors (Lipinski definition) is 6. The molecule has 2 heterocycles. The fourth-order valence-corrected chi connectivity index (χ4v) is 2.43. The maximum atomic E-state index is 12.3. The third kappa shape index (κ3) is 2.88. The van der Waals surface area contributed by atoms with Crippen molar-refractivity contribution >= 4 is 23.1 Å². The fourth-order valence-electron chi connectivity index (χ4n) is 1.60. The van der Waals surface area contributed by atoms with Crippen molar-refractivity contribution in [2.75, 3.05) is 12.5 Å². The second-order valence-corrected chi connectivity index (χ2v) is 5.03. The van der Waals surface area contributed by atoms with Crippen molar-refractivity contribution < 1.29 is 4.79 Å². The molecule has 2 rings (SSSR count). The first-order valence-corrected chi connectivity index (χ1v) is 6.62. The van der Waals surface area contributed by atoms with Gasteiger partial charge < -0.3 is 10.3 Å². The summed E-state index contributed by atoms with van der Waals surface area (Å²) < 4.78 is 0. The summed E-state index contributed by atoms with van der Waals surface area (Å²) in [6, 6.07) is 7.19. The van der Waals surface area contributed by atoms with Gasteiger partial charge in [0.15, 0.2) is 11.5 Å². The van der Waals surface area contributed by atoms with Crippen LogP contribution in [0.1, 0.15) is 28.3 Å². The second-order valence-electron chi connectivity index (χ2n) is 4.06. The molecule has 0 aliphatic carbocycles. The molecule has 0 aliphatic heterocycles. The Morgan fingerprint density at radius 1 is 1.42 bits per heavy atom. The van der Waals surface area contributed by atoms with E-state index in [-0.39, 0.29) is 11.9 Å². The zero-order valence-electron chi connectivity index (χ0n) is 10.7. The maximum absolute atomic E-state index is 12.3. The lowest BCUT2D eigenvalue weighted by molar-refractivity contribution is 0.0738. The lowest BCUT2D eigenvalue weighted by Gasteiger charge is -2.23. The van der Waals surface area contributed by atoms with Crippen LogP contribution in [0.2, 0.25) is 0 Å². The van der Waals surface area contributed by atoms with Gasteiger partial charge in [-0.2, -0.15) is 0 Å². The summed E-state index contributed by atoms with van der Waals surface area (Å²) in [6.45, 7) is 1.98. The Kier molecular flexibility index (Phi) is 4.08. The van der Waals surface area contributed by atoms with Crippen LogP contribution in [0.5, 0.6) is 0 Å². The number of nitrogen functional groups attached to an aromatic ring is 1. The summed E-state index contributed by atoms with van der Waals surface area (Å²) in [5, 5.41) is 9.64.